The molecule has 0 saturated carbocycles. The zero-order valence-electron chi connectivity index (χ0n) is 19.8. The molecular formula is C26H22N4O4S2. The van der Waals surface area contributed by atoms with Gasteiger partial charge in [-0.05, 0) is 29.4 Å². The van der Waals surface area contributed by atoms with Crippen molar-refractivity contribution in [3.63, 3.8) is 0 Å². The Labute approximate surface area is 214 Å². The van der Waals surface area contributed by atoms with Crippen molar-refractivity contribution in [1.29, 1.82) is 0 Å². The van der Waals surface area contributed by atoms with Gasteiger partial charge in [-0.3, -0.25) is 0 Å². The van der Waals surface area contributed by atoms with E-state index in [1.165, 1.54) is 16.9 Å². The number of imidazole rings is 1. The number of aryl methyl sites for hydroxylation is 1. The predicted molar refractivity (Wildman–Crippen MR) is 140 cm³/mol. The van der Waals surface area contributed by atoms with Gasteiger partial charge in [-0.15, -0.1) is 16.4 Å². The Hall–Kier alpha value is -3.89. The summed E-state index contributed by atoms with van der Waals surface area (Å²) >= 11 is 2.97. The smallest absolute Gasteiger partial charge is 0.294 e. The van der Waals surface area contributed by atoms with Crippen molar-refractivity contribution < 1.29 is 18.6 Å². The van der Waals surface area contributed by atoms with Crippen LogP contribution in [0.25, 0.3) is 38.0 Å². The highest BCUT2D eigenvalue weighted by Crippen LogP contribution is 2.38. The van der Waals surface area contributed by atoms with Crippen LogP contribution in [0, 0.1) is 0 Å². The highest BCUT2D eigenvalue weighted by Gasteiger charge is 2.17. The topological polar surface area (TPSA) is 83.9 Å². The minimum absolute atomic E-state index is 0.330. The maximum atomic E-state index is 6.21. The summed E-state index contributed by atoms with van der Waals surface area (Å²) in [6, 6.07) is 14.1. The van der Waals surface area contributed by atoms with E-state index in [9.17, 15) is 0 Å². The minimum atomic E-state index is 0.330. The van der Waals surface area contributed by atoms with Gasteiger partial charge in [0.25, 0.3) is 5.19 Å². The third kappa shape index (κ3) is 4.18. The summed E-state index contributed by atoms with van der Waals surface area (Å²) in [6.45, 7) is 2.48. The number of furan rings is 1. The van der Waals surface area contributed by atoms with Crippen LogP contribution < -0.4 is 14.2 Å². The van der Waals surface area contributed by atoms with Gasteiger partial charge in [0.05, 0.1) is 31.5 Å². The lowest BCUT2D eigenvalue weighted by atomic mass is 10.1. The first-order valence-electron chi connectivity index (χ1n) is 11.3. The first-order chi connectivity index (χ1) is 17.6. The van der Waals surface area contributed by atoms with Gasteiger partial charge in [0.2, 0.25) is 4.96 Å². The Morgan fingerprint density at radius 1 is 1.03 bits per heavy atom. The molecule has 4 aromatic heterocycles. The van der Waals surface area contributed by atoms with Crippen LogP contribution in [0.15, 0.2) is 58.5 Å². The Kier molecular flexibility index (Phi) is 5.82. The molecule has 10 heteroatoms. The summed E-state index contributed by atoms with van der Waals surface area (Å²) in [5.74, 6) is 1.92. The van der Waals surface area contributed by atoms with Crippen molar-refractivity contribution in [2.75, 3.05) is 14.2 Å². The molecule has 0 unspecified atom stereocenters. The lowest BCUT2D eigenvalue weighted by Gasteiger charge is -2.08. The second-order valence-corrected chi connectivity index (χ2v) is 9.83. The van der Waals surface area contributed by atoms with Crippen molar-refractivity contribution in [3.05, 3.63) is 65.3 Å². The summed E-state index contributed by atoms with van der Waals surface area (Å²) in [5.41, 5.74) is 4.61. The molecule has 0 aliphatic rings. The second-order valence-electron chi connectivity index (χ2n) is 8.06. The number of ether oxygens (including phenoxy) is 3. The van der Waals surface area contributed by atoms with Gasteiger partial charge in [0.15, 0.2) is 5.76 Å². The van der Waals surface area contributed by atoms with Gasteiger partial charge in [-0.25, -0.2) is 14.5 Å². The normalized spacial score (nSPS) is 11.4. The number of benzene rings is 2. The van der Waals surface area contributed by atoms with Crippen molar-refractivity contribution in [2.24, 2.45) is 0 Å². The van der Waals surface area contributed by atoms with Crippen molar-refractivity contribution in [1.82, 2.24) is 19.6 Å². The fourth-order valence-corrected chi connectivity index (χ4v) is 5.38. The van der Waals surface area contributed by atoms with E-state index in [0.29, 0.717) is 40.3 Å². The molecule has 0 aliphatic carbocycles. The summed E-state index contributed by atoms with van der Waals surface area (Å²) in [6.07, 6.45) is 2.83. The molecule has 0 aliphatic heterocycles. The van der Waals surface area contributed by atoms with Crippen LogP contribution >= 0.6 is 22.7 Å². The number of hydrogen-bond donors (Lipinski definition) is 0. The Morgan fingerprint density at radius 2 is 1.89 bits per heavy atom. The van der Waals surface area contributed by atoms with Crippen molar-refractivity contribution >= 4 is 38.6 Å². The average molecular weight is 519 g/mol. The summed E-state index contributed by atoms with van der Waals surface area (Å²) in [7, 11) is 3.21. The molecule has 0 bridgehead atoms. The Balaban J connectivity index is 1.27. The van der Waals surface area contributed by atoms with Crippen LogP contribution in [0.5, 0.6) is 16.7 Å². The third-order valence-corrected chi connectivity index (χ3v) is 7.62. The van der Waals surface area contributed by atoms with E-state index in [-0.39, 0.29) is 0 Å². The first-order valence-corrected chi connectivity index (χ1v) is 13.0. The molecule has 0 amide bonds. The lowest BCUT2D eigenvalue weighted by Crippen LogP contribution is -1.97. The fourth-order valence-electron chi connectivity index (χ4n) is 3.87. The second kappa shape index (κ2) is 9.29. The van der Waals surface area contributed by atoms with Crippen LogP contribution in [-0.2, 0) is 13.0 Å². The van der Waals surface area contributed by atoms with Crippen molar-refractivity contribution in [3.8, 4) is 38.7 Å². The zero-order chi connectivity index (χ0) is 24.6. The Morgan fingerprint density at radius 3 is 2.64 bits per heavy atom. The number of fused-ring (bicyclic) bond motifs is 2. The fraction of sp³-hybridized carbons (Fsp3) is 0.192. The van der Waals surface area contributed by atoms with Gasteiger partial charge in [0.1, 0.15) is 34.4 Å². The van der Waals surface area contributed by atoms with Crippen molar-refractivity contribution in [2.45, 2.75) is 20.0 Å². The molecule has 0 N–H and O–H groups in total. The number of hydrogen-bond acceptors (Lipinski definition) is 9. The molecule has 0 fully saturated rings. The molecule has 0 spiro atoms. The van der Waals surface area contributed by atoms with E-state index in [1.807, 2.05) is 29.8 Å². The largest absolute Gasteiger partial charge is 0.496 e. The van der Waals surface area contributed by atoms with E-state index in [1.54, 1.807) is 30.1 Å². The molecule has 182 valence electrons. The maximum absolute atomic E-state index is 6.21. The number of methoxy groups -OCH3 is 2. The van der Waals surface area contributed by atoms with Gasteiger partial charge in [-0.1, -0.05) is 31.2 Å². The molecular weight excluding hydrogens is 496 g/mol. The number of rotatable bonds is 8. The van der Waals surface area contributed by atoms with E-state index < -0.39 is 0 Å². The molecule has 8 nitrogen and oxygen atoms in total. The van der Waals surface area contributed by atoms with Crippen LogP contribution in [0.3, 0.4) is 0 Å². The van der Waals surface area contributed by atoms with Crippen LogP contribution in [0.4, 0.5) is 0 Å². The van der Waals surface area contributed by atoms with Gasteiger partial charge < -0.3 is 18.6 Å². The monoisotopic (exact) mass is 518 g/mol. The average Bonchev–Trinajstić information content (AvgIpc) is 3.69. The van der Waals surface area contributed by atoms with E-state index in [2.05, 4.69) is 41.3 Å². The third-order valence-electron chi connectivity index (χ3n) is 5.80. The van der Waals surface area contributed by atoms with E-state index >= 15 is 0 Å². The SMILES string of the molecule is CCc1ccc(-c2nc(COc3cc(OC)cc4oc(-c5cn6nc(OC)sc6n5)cc34)cs2)cc1. The standard InChI is InChI=1S/C26H22N4O4S2/c1-4-15-5-7-16(8-6-15)24-27-17(14-35-24)13-33-21-9-18(31-2)10-22-19(21)11-23(34-22)20-12-30-25(28-20)36-26(29-30)32-3/h5-12,14H,4,13H2,1-3H3. The molecule has 0 radical (unpaired) electrons. The van der Waals surface area contributed by atoms with Crippen LogP contribution in [0.1, 0.15) is 18.2 Å². The molecule has 0 atom stereocenters. The number of nitrogens with zero attached hydrogens (tertiary/aromatic N) is 4. The summed E-state index contributed by atoms with van der Waals surface area (Å²) in [4.78, 5) is 10.1. The molecule has 0 saturated heterocycles. The van der Waals surface area contributed by atoms with E-state index in [4.69, 9.17) is 23.6 Å². The van der Waals surface area contributed by atoms with Gasteiger partial charge in [0, 0.05) is 23.1 Å². The molecule has 4 heterocycles. The van der Waals surface area contributed by atoms with Gasteiger partial charge >= 0.3 is 0 Å². The minimum Gasteiger partial charge on any atom is -0.496 e. The molecule has 36 heavy (non-hydrogen) atoms. The molecule has 6 aromatic rings. The number of aromatic nitrogens is 4. The molecule has 2 aromatic carbocycles. The predicted octanol–water partition coefficient (Wildman–Crippen LogP) is 6.49. The van der Waals surface area contributed by atoms with Crippen LogP contribution in [-0.4, -0.2) is 33.8 Å². The van der Waals surface area contributed by atoms with Gasteiger partial charge in [-0.2, -0.15) is 0 Å². The highest BCUT2D eigenvalue weighted by atomic mass is 32.1. The van der Waals surface area contributed by atoms with Crippen LogP contribution in [0.2, 0.25) is 0 Å². The van der Waals surface area contributed by atoms with E-state index in [0.717, 1.165) is 33.0 Å². The maximum Gasteiger partial charge on any atom is 0.294 e. The molecule has 6 rings (SSSR count). The lowest BCUT2D eigenvalue weighted by molar-refractivity contribution is 0.303. The summed E-state index contributed by atoms with van der Waals surface area (Å²) in [5, 5.41) is 8.72. The Bertz CT molecular complexity index is 1630. The quantitative estimate of drug-likeness (QED) is 0.228. The number of thiazole rings is 1. The first kappa shape index (κ1) is 22.6. The highest BCUT2D eigenvalue weighted by molar-refractivity contribution is 7.18. The summed E-state index contributed by atoms with van der Waals surface area (Å²) < 4.78 is 24.7. The zero-order valence-corrected chi connectivity index (χ0v) is 21.5.